The van der Waals surface area contributed by atoms with Gasteiger partial charge >= 0.3 is 6.03 Å². The molecule has 0 bridgehead atoms. The Bertz CT molecular complexity index is 1010. The lowest BCUT2D eigenvalue weighted by Crippen LogP contribution is -2.54. The van der Waals surface area contributed by atoms with Crippen LogP contribution in [-0.4, -0.2) is 30.1 Å². The van der Waals surface area contributed by atoms with E-state index in [4.69, 9.17) is 16.3 Å². The summed E-state index contributed by atoms with van der Waals surface area (Å²) in [5.41, 5.74) is -0.447. The number of halogens is 2. The fraction of sp³-hybridized carbons (Fsp3) is 0.0556. The van der Waals surface area contributed by atoms with Gasteiger partial charge in [-0.3, -0.25) is 14.9 Å². The summed E-state index contributed by atoms with van der Waals surface area (Å²) >= 11 is 5.90. The molecular weight excluding hydrogens is 379 g/mol. The number of hydrogen-bond donors (Lipinski definition) is 2. The van der Waals surface area contributed by atoms with Crippen molar-refractivity contribution < 1.29 is 28.6 Å². The van der Waals surface area contributed by atoms with Gasteiger partial charge in [-0.25, -0.2) is 14.1 Å². The number of urea groups is 1. The molecule has 0 saturated carbocycles. The second-order valence-corrected chi connectivity index (χ2v) is 5.87. The number of para-hydroxylation sites is 1. The zero-order chi connectivity index (χ0) is 19.7. The van der Waals surface area contributed by atoms with Gasteiger partial charge in [-0.05, 0) is 35.9 Å². The Balaban J connectivity index is 2.08. The minimum absolute atomic E-state index is 0.0278. The predicted octanol–water partition coefficient (Wildman–Crippen LogP) is 2.86. The first-order chi connectivity index (χ1) is 12.8. The molecule has 27 heavy (non-hydrogen) atoms. The lowest BCUT2D eigenvalue weighted by atomic mass is 10.1. The highest BCUT2D eigenvalue weighted by molar-refractivity contribution is 6.39. The molecule has 3 rings (SSSR count). The predicted molar refractivity (Wildman–Crippen MR) is 95.1 cm³/mol. The SMILES string of the molecule is COc1cc(C=C2C(=O)NC(=O)N(c3ccccc3F)C2=O)cc(Cl)c1O. The smallest absolute Gasteiger partial charge is 0.336 e. The second kappa shape index (κ2) is 7.08. The Morgan fingerprint density at radius 2 is 1.93 bits per heavy atom. The van der Waals surface area contributed by atoms with Gasteiger partial charge in [0.2, 0.25) is 0 Å². The molecule has 0 aromatic heterocycles. The summed E-state index contributed by atoms with van der Waals surface area (Å²) in [4.78, 5) is 37.4. The Morgan fingerprint density at radius 3 is 2.59 bits per heavy atom. The topological polar surface area (TPSA) is 95.9 Å². The normalized spacial score (nSPS) is 15.9. The molecule has 0 atom stereocenters. The van der Waals surface area contributed by atoms with Crippen molar-refractivity contribution in [3.63, 3.8) is 0 Å². The van der Waals surface area contributed by atoms with E-state index in [1.165, 1.54) is 37.4 Å². The Morgan fingerprint density at radius 1 is 1.22 bits per heavy atom. The highest BCUT2D eigenvalue weighted by Crippen LogP contribution is 2.36. The van der Waals surface area contributed by atoms with Gasteiger partial charge in [0.05, 0.1) is 17.8 Å². The third kappa shape index (κ3) is 3.34. The standard InChI is InChI=1S/C18H12ClFN2O5/c1-27-14-8-9(7-11(19)15(14)23)6-10-16(24)21-18(26)22(17(10)25)13-5-3-2-4-12(13)20/h2-8,23H,1H3,(H,21,24,26). The number of rotatable bonds is 3. The number of hydrogen-bond acceptors (Lipinski definition) is 5. The lowest BCUT2D eigenvalue weighted by Gasteiger charge is -2.26. The van der Waals surface area contributed by atoms with Crippen LogP contribution in [0.3, 0.4) is 0 Å². The number of phenolic OH excluding ortho intramolecular Hbond substituents is 1. The number of methoxy groups -OCH3 is 1. The van der Waals surface area contributed by atoms with E-state index in [9.17, 15) is 23.9 Å². The van der Waals surface area contributed by atoms with Gasteiger partial charge in [0.15, 0.2) is 11.5 Å². The van der Waals surface area contributed by atoms with Crippen molar-refractivity contribution >= 4 is 41.2 Å². The molecule has 0 radical (unpaired) electrons. The highest BCUT2D eigenvalue weighted by Gasteiger charge is 2.38. The van der Waals surface area contributed by atoms with Crippen molar-refractivity contribution in [1.82, 2.24) is 5.32 Å². The van der Waals surface area contributed by atoms with Crippen molar-refractivity contribution in [3.8, 4) is 11.5 Å². The van der Waals surface area contributed by atoms with Crippen LogP contribution in [0.1, 0.15) is 5.56 Å². The van der Waals surface area contributed by atoms with Crippen LogP contribution in [0.4, 0.5) is 14.9 Å². The maximum absolute atomic E-state index is 14.0. The van der Waals surface area contributed by atoms with E-state index in [-0.39, 0.29) is 27.8 Å². The maximum atomic E-state index is 14.0. The molecule has 1 saturated heterocycles. The van der Waals surface area contributed by atoms with E-state index >= 15 is 0 Å². The highest BCUT2D eigenvalue weighted by atomic mass is 35.5. The van der Waals surface area contributed by atoms with Crippen LogP contribution in [0, 0.1) is 5.82 Å². The molecule has 1 fully saturated rings. The van der Waals surface area contributed by atoms with Gasteiger partial charge in [0.25, 0.3) is 11.8 Å². The first-order valence-corrected chi connectivity index (χ1v) is 7.93. The Labute approximate surface area is 157 Å². The van der Waals surface area contributed by atoms with E-state index in [2.05, 4.69) is 0 Å². The summed E-state index contributed by atoms with van der Waals surface area (Å²) < 4.78 is 19.0. The molecule has 9 heteroatoms. The van der Waals surface area contributed by atoms with E-state index in [1.54, 1.807) is 0 Å². The molecule has 1 heterocycles. The quantitative estimate of drug-likeness (QED) is 0.620. The molecule has 2 aromatic rings. The van der Waals surface area contributed by atoms with Crippen LogP contribution in [0.25, 0.3) is 6.08 Å². The molecule has 0 spiro atoms. The van der Waals surface area contributed by atoms with E-state index in [0.29, 0.717) is 4.90 Å². The van der Waals surface area contributed by atoms with Gasteiger partial charge in [-0.2, -0.15) is 0 Å². The summed E-state index contributed by atoms with van der Waals surface area (Å²) in [7, 11) is 1.30. The molecule has 0 aliphatic carbocycles. The number of nitrogens with one attached hydrogen (secondary N) is 1. The number of nitrogens with zero attached hydrogens (tertiary/aromatic N) is 1. The van der Waals surface area contributed by atoms with Gasteiger partial charge in [-0.15, -0.1) is 0 Å². The van der Waals surface area contributed by atoms with Crippen LogP contribution >= 0.6 is 11.6 Å². The molecule has 1 aliphatic heterocycles. The first kappa shape index (κ1) is 18.4. The first-order valence-electron chi connectivity index (χ1n) is 7.56. The summed E-state index contributed by atoms with van der Waals surface area (Å²) in [5.74, 6) is -3.02. The third-order valence-electron chi connectivity index (χ3n) is 3.78. The Kier molecular flexibility index (Phi) is 4.83. The van der Waals surface area contributed by atoms with Crippen molar-refractivity contribution in [2.24, 2.45) is 0 Å². The average molecular weight is 391 g/mol. The zero-order valence-corrected chi connectivity index (χ0v) is 14.6. The number of benzene rings is 2. The maximum Gasteiger partial charge on any atom is 0.336 e. The van der Waals surface area contributed by atoms with Gasteiger partial charge < -0.3 is 9.84 Å². The van der Waals surface area contributed by atoms with Crippen LogP contribution in [0.15, 0.2) is 42.0 Å². The summed E-state index contributed by atoms with van der Waals surface area (Å²) in [6.45, 7) is 0. The zero-order valence-electron chi connectivity index (χ0n) is 13.8. The van der Waals surface area contributed by atoms with E-state index in [1.807, 2.05) is 5.32 Å². The van der Waals surface area contributed by atoms with Gasteiger partial charge in [-0.1, -0.05) is 23.7 Å². The van der Waals surface area contributed by atoms with Crippen molar-refractivity contribution in [1.29, 1.82) is 0 Å². The summed E-state index contributed by atoms with van der Waals surface area (Å²) in [6, 6.07) is 6.76. The van der Waals surface area contributed by atoms with Gasteiger partial charge in [0, 0.05) is 0 Å². The molecule has 2 N–H and O–H groups in total. The number of imide groups is 2. The number of amides is 4. The number of aromatic hydroxyl groups is 1. The number of anilines is 1. The van der Waals surface area contributed by atoms with Crippen LogP contribution < -0.4 is 15.0 Å². The monoisotopic (exact) mass is 390 g/mol. The van der Waals surface area contributed by atoms with Crippen LogP contribution in [0.5, 0.6) is 11.5 Å². The Hall–Kier alpha value is -3.39. The second-order valence-electron chi connectivity index (χ2n) is 5.46. The average Bonchev–Trinajstić information content (AvgIpc) is 2.62. The van der Waals surface area contributed by atoms with Gasteiger partial charge in [0.1, 0.15) is 11.4 Å². The molecule has 0 unspecified atom stereocenters. The molecule has 4 amide bonds. The largest absolute Gasteiger partial charge is 0.503 e. The minimum Gasteiger partial charge on any atom is -0.503 e. The lowest BCUT2D eigenvalue weighted by molar-refractivity contribution is -0.122. The van der Waals surface area contributed by atoms with E-state index in [0.717, 1.165) is 12.1 Å². The fourth-order valence-corrected chi connectivity index (χ4v) is 2.73. The third-order valence-corrected chi connectivity index (χ3v) is 4.06. The molecular formula is C18H12ClFN2O5. The fourth-order valence-electron chi connectivity index (χ4n) is 2.51. The number of carbonyl (C=O) groups excluding carboxylic acids is 3. The molecule has 2 aromatic carbocycles. The van der Waals surface area contributed by atoms with Crippen LogP contribution in [-0.2, 0) is 9.59 Å². The molecule has 138 valence electrons. The van der Waals surface area contributed by atoms with Crippen LogP contribution in [0.2, 0.25) is 5.02 Å². The van der Waals surface area contributed by atoms with Crippen molar-refractivity contribution in [2.75, 3.05) is 12.0 Å². The molecule has 1 aliphatic rings. The number of barbiturate groups is 1. The number of phenols is 1. The minimum atomic E-state index is -1.06. The number of carbonyl (C=O) groups is 3. The van der Waals surface area contributed by atoms with Crippen molar-refractivity contribution in [3.05, 3.63) is 58.4 Å². The van der Waals surface area contributed by atoms with E-state index < -0.39 is 29.2 Å². The number of ether oxygens (including phenoxy) is 1. The summed E-state index contributed by atoms with van der Waals surface area (Å²) in [6.07, 6.45) is 1.16. The molecule has 7 nitrogen and oxygen atoms in total. The van der Waals surface area contributed by atoms with Crippen molar-refractivity contribution in [2.45, 2.75) is 0 Å². The summed E-state index contributed by atoms with van der Waals surface area (Å²) in [5, 5.41) is 11.7.